The van der Waals surface area contributed by atoms with Crippen LogP contribution < -0.4 is 4.90 Å². The molecule has 3 rings (SSSR count). The summed E-state index contributed by atoms with van der Waals surface area (Å²) in [4.78, 5) is 2.26. The Morgan fingerprint density at radius 1 is 0.679 bits per heavy atom. The molecule has 0 aliphatic carbocycles. The molecule has 0 bridgehead atoms. The fourth-order valence-corrected chi connectivity index (χ4v) is 3.23. The number of nitrogens with zero attached hydrogens (tertiary/aromatic N) is 1. The Bertz CT molecular complexity index is 933. The molecule has 0 aromatic heterocycles. The Hall–Kier alpha value is -2.50. The normalized spacial score (nSPS) is 11.6. The van der Waals surface area contributed by atoms with Gasteiger partial charge in [0.25, 0.3) is 0 Å². The van der Waals surface area contributed by atoms with Crippen molar-refractivity contribution in [3.63, 3.8) is 0 Å². The van der Waals surface area contributed by atoms with E-state index in [9.17, 15) is 0 Å². The minimum atomic E-state index is 1.15. The fourth-order valence-electron chi connectivity index (χ4n) is 2.95. The maximum atomic E-state index is 2.26. The van der Waals surface area contributed by atoms with Gasteiger partial charge in [-0.05, 0) is 0 Å². The molecule has 0 aliphatic heterocycles. The monoisotopic (exact) mass is 535 g/mol. The molecular formula is C26H25NW. The van der Waals surface area contributed by atoms with E-state index in [4.69, 9.17) is 0 Å². The molecule has 0 amide bonds. The SMILES string of the molecule is Cc1ccc(C(C=C[CH]=[W])=CN(c2ccc(C)cc2)c2ccc(C)cc2)cc1. The first-order chi connectivity index (χ1) is 13.6. The first-order valence-electron chi connectivity index (χ1n) is 9.40. The van der Waals surface area contributed by atoms with E-state index in [1.807, 2.05) is 0 Å². The summed E-state index contributed by atoms with van der Waals surface area (Å²) in [5, 5.41) is 0. The van der Waals surface area contributed by atoms with Crippen LogP contribution in [0.2, 0.25) is 0 Å². The van der Waals surface area contributed by atoms with Gasteiger partial charge in [0, 0.05) is 0 Å². The number of anilines is 2. The van der Waals surface area contributed by atoms with E-state index >= 15 is 0 Å². The molecule has 0 saturated heterocycles. The summed E-state index contributed by atoms with van der Waals surface area (Å²) in [6.07, 6.45) is 6.55. The van der Waals surface area contributed by atoms with Gasteiger partial charge >= 0.3 is 180 Å². The Balaban J connectivity index is 2.13. The third-order valence-corrected chi connectivity index (χ3v) is 5.20. The van der Waals surface area contributed by atoms with E-state index in [2.05, 4.69) is 121 Å². The zero-order valence-electron chi connectivity index (χ0n) is 16.6. The van der Waals surface area contributed by atoms with Crippen molar-refractivity contribution >= 4 is 21.3 Å². The summed E-state index contributed by atoms with van der Waals surface area (Å²) >= 11 is 1.45. The van der Waals surface area contributed by atoms with Crippen LogP contribution in [0.5, 0.6) is 0 Å². The summed E-state index contributed by atoms with van der Waals surface area (Å²) < 4.78 is 2.14. The summed E-state index contributed by atoms with van der Waals surface area (Å²) in [5.41, 5.74) is 8.49. The van der Waals surface area contributed by atoms with Gasteiger partial charge in [-0.2, -0.15) is 0 Å². The molecule has 0 unspecified atom stereocenters. The minimum absolute atomic E-state index is 1.15. The Morgan fingerprint density at radius 2 is 1.11 bits per heavy atom. The van der Waals surface area contributed by atoms with Gasteiger partial charge in [0.1, 0.15) is 0 Å². The Morgan fingerprint density at radius 3 is 1.54 bits per heavy atom. The van der Waals surface area contributed by atoms with Gasteiger partial charge in [-0.25, -0.2) is 0 Å². The molecule has 0 atom stereocenters. The molecule has 1 nitrogen and oxygen atoms in total. The van der Waals surface area contributed by atoms with Crippen molar-refractivity contribution in [3.05, 3.63) is 113 Å². The molecule has 3 aromatic carbocycles. The summed E-state index contributed by atoms with van der Waals surface area (Å²) in [6, 6.07) is 26.1. The zero-order chi connectivity index (χ0) is 19.9. The van der Waals surface area contributed by atoms with Crippen LogP contribution in [0, 0.1) is 20.8 Å². The van der Waals surface area contributed by atoms with Crippen molar-refractivity contribution in [3.8, 4) is 0 Å². The fraction of sp³-hybridized carbons (Fsp3) is 0.115. The van der Waals surface area contributed by atoms with Crippen LogP contribution in [-0.4, -0.2) is 4.40 Å². The van der Waals surface area contributed by atoms with Crippen LogP contribution in [0.15, 0.2) is 91.1 Å². The molecule has 0 fully saturated rings. The molecule has 2 heteroatoms. The topological polar surface area (TPSA) is 3.24 Å². The third-order valence-electron chi connectivity index (χ3n) is 4.63. The number of hydrogen-bond acceptors (Lipinski definition) is 1. The molecule has 3 aromatic rings. The molecule has 28 heavy (non-hydrogen) atoms. The van der Waals surface area contributed by atoms with E-state index in [-0.39, 0.29) is 0 Å². The van der Waals surface area contributed by atoms with Gasteiger partial charge < -0.3 is 0 Å². The molecular weight excluding hydrogens is 510 g/mol. The molecule has 140 valence electrons. The van der Waals surface area contributed by atoms with Gasteiger partial charge in [0.2, 0.25) is 0 Å². The van der Waals surface area contributed by atoms with Gasteiger partial charge in [0.05, 0.1) is 0 Å². The molecule has 0 N–H and O–H groups in total. The van der Waals surface area contributed by atoms with Gasteiger partial charge in [-0.15, -0.1) is 0 Å². The van der Waals surface area contributed by atoms with Crippen molar-refractivity contribution in [2.75, 3.05) is 4.90 Å². The number of hydrogen-bond donors (Lipinski definition) is 0. The van der Waals surface area contributed by atoms with E-state index in [0.29, 0.717) is 0 Å². The van der Waals surface area contributed by atoms with Crippen molar-refractivity contribution < 1.29 is 19.4 Å². The number of benzene rings is 3. The van der Waals surface area contributed by atoms with E-state index in [0.717, 1.165) is 11.4 Å². The number of allylic oxidation sites excluding steroid dienone is 3. The van der Waals surface area contributed by atoms with Crippen LogP contribution in [-0.2, 0) is 19.4 Å². The molecule has 0 aliphatic rings. The summed E-state index contributed by atoms with van der Waals surface area (Å²) in [7, 11) is 0. The van der Waals surface area contributed by atoms with Crippen LogP contribution >= 0.6 is 0 Å². The van der Waals surface area contributed by atoms with E-state index in [1.165, 1.54) is 47.2 Å². The Labute approximate surface area is 179 Å². The molecule has 0 heterocycles. The zero-order valence-corrected chi connectivity index (χ0v) is 19.5. The molecule has 0 radical (unpaired) electrons. The third kappa shape index (κ3) is 5.27. The second-order valence-corrected chi connectivity index (χ2v) is 7.96. The second-order valence-electron chi connectivity index (χ2n) is 6.99. The Kier molecular flexibility index (Phi) is 6.95. The number of aryl methyl sites for hydroxylation is 3. The molecule has 0 saturated carbocycles. The quantitative estimate of drug-likeness (QED) is 0.318. The van der Waals surface area contributed by atoms with Crippen LogP contribution in [0.25, 0.3) is 5.57 Å². The van der Waals surface area contributed by atoms with E-state index in [1.54, 1.807) is 0 Å². The van der Waals surface area contributed by atoms with Gasteiger partial charge in [-0.3, -0.25) is 0 Å². The molecule has 0 spiro atoms. The standard InChI is InChI=1S/C26H25N.W/c1-5-6-24(23-13-7-20(2)8-14-23)19-27(25-15-9-21(3)10-16-25)26-17-11-22(4)12-18-26;/h1,5-19H,2-4H3;. The van der Waals surface area contributed by atoms with Gasteiger partial charge in [-0.1, -0.05) is 0 Å². The summed E-state index contributed by atoms with van der Waals surface area (Å²) in [6.45, 7) is 6.36. The van der Waals surface area contributed by atoms with Gasteiger partial charge in [0.15, 0.2) is 0 Å². The first-order valence-corrected chi connectivity index (χ1v) is 11.1. The predicted molar refractivity (Wildman–Crippen MR) is 119 cm³/mol. The van der Waals surface area contributed by atoms with Crippen LogP contribution in [0.3, 0.4) is 0 Å². The van der Waals surface area contributed by atoms with Crippen LogP contribution in [0.4, 0.5) is 11.4 Å². The average Bonchev–Trinajstić information content (AvgIpc) is 2.71. The van der Waals surface area contributed by atoms with Crippen molar-refractivity contribution in [1.29, 1.82) is 0 Å². The van der Waals surface area contributed by atoms with Crippen molar-refractivity contribution in [2.45, 2.75) is 20.8 Å². The first kappa shape index (κ1) is 20.2. The summed E-state index contributed by atoms with van der Waals surface area (Å²) in [5.74, 6) is 0. The van der Waals surface area contributed by atoms with Crippen molar-refractivity contribution in [2.24, 2.45) is 0 Å². The van der Waals surface area contributed by atoms with Crippen molar-refractivity contribution in [1.82, 2.24) is 0 Å². The maximum absolute atomic E-state index is 2.26. The van der Waals surface area contributed by atoms with E-state index < -0.39 is 0 Å². The average molecular weight is 535 g/mol. The second kappa shape index (κ2) is 9.62. The predicted octanol–water partition coefficient (Wildman–Crippen LogP) is 6.70. The van der Waals surface area contributed by atoms with Crippen LogP contribution in [0.1, 0.15) is 22.3 Å². The number of rotatable bonds is 6.